The maximum Gasteiger partial charge on any atom is 0.158 e. The Morgan fingerprint density at radius 3 is 2.27 bits per heavy atom. The van der Waals surface area contributed by atoms with Crippen molar-refractivity contribution in [3.8, 4) is 17.9 Å². The number of methoxy groups -OCH3 is 1. The number of hydrogen-bond donors (Lipinski definition) is 0. The van der Waals surface area contributed by atoms with Crippen molar-refractivity contribution in [2.45, 2.75) is 59.0 Å². The third kappa shape index (κ3) is 6.07. The number of hydrogen-bond acceptors (Lipinski definition) is 5. The minimum absolute atomic E-state index is 0.334. The highest BCUT2D eigenvalue weighted by molar-refractivity contribution is 5.68. The molecule has 192 valence electrons. The summed E-state index contributed by atoms with van der Waals surface area (Å²) in [5.74, 6) is 1.11. The first-order valence-electron chi connectivity index (χ1n) is 13.0. The molecule has 5 heteroatoms. The average molecular weight is 496 g/mol. The Morgan fingerprint density at radius 1 is 1.03 bits per heavy atom. The monoisotopic (exact) mass is 495 g/mol. The smallest absolute Gasteiger partial charge is 0.158 e. The fourth-order valence-corrected chi connectivity index (χ4v) is 4.59. The van der Waals surface area contributed by atoms with Crippen LogP contribution in [-0.2, 0) is 10.3 Å². The van der Waals surface area contributed by atoms with E-state index < -0.39 is 5.60 Å². The zero-order valence-corrected chi connectivity index (χ0v) is 22.7. The second-order valence-corrected chi connectivity index (χ2v) is 9.42. The topological polar surface area (TPSA) is 69.3 Å². The third-order valence-corrected chi connectivity index (χ3v) is 6.84. The zero-order valence-electron chi connectivity index (χ0n) is 22.7. The molecule has 1 aliphatic rings. The van der Waals surface area contributed by atoms with Gasteiger partial charge in [0.2, 0.25) is 0 Å². The van der Waals surface area contributed by atoms with Crippen LogP contribution < -0.4 is 9.64 Å². The second-order valence-electron chi connectivity index (χ2n) is 9.42. The van der Waals surface area contributed by atoms with Crippen molar-refractivity contribution in [3.63, 3.8) is 0 Å². The van der Waals surface area contributed by atoms with Gasteiger partial charge < -0.3 is 14.4 Å². The summed E-state index contributed by atoms with van der Waals surface area (Å²) in [5, 5.41) is 19.6. The van der Waals surface area contributed by atoms with Crippen molar-refractivity contribution >= 4 is 11.8 Å². The molecule has 2 aromatic rings. The van der Waals surface area contributed by atoms with Gasteiger partial charge in [-0.2, -0.15) is 10.5 Å². The van der Waals surface area contributed by atoms with Gasteiger partial charge in [-0.15, -0.1) is 0 Å². The van der Waals surface area contributed by atoms with Crippen molar-refractivity contribution in [1.29, 1.82) is 10.5 Å². The van der Waals surface area contributed by atoms with E-state index in [1.807, 2.05) is 49.4 Å². The van der Waals surface area contributed by atoms with Crippen LogP contribution in [0.2, 0.25) is 0 Å². The summed E-state index contributed by atoms with van der Waals surface area (Å²) in [7, 11) is 1.68. The van der Waals surface area contributed by atoms with E-state index in [1.54, 1.807) is 14.0 Å². The Labute approximate surface area is 221 Å². The molecule has 5 nitrogen and oxygen atoms in total. The quantitative estimate of drug-likeness (QED) is 0.299. The Balaban J connectivity index is 2.06. The minimum atomic E-state index is -0.902. The molecule has 0 aliphatic carbocycles. The van der Waals surface area contributed by atoms with Crippen LogP contribution in [0.5, 0.6) is 5.75 Å². The van der Waals surface area contributed by atoms with E-state index in [2.05, 4.69) is 49.1 Å². The Hall–Kier alpha value is -3.96. The number of unbranched alkanes of at least 4 members (excludes halogenated alkanes) is 2. The van der Waals surface area contributed by atoms with Crippen LogP contribution in [0.3, 0.4) is 0 Å². The Morgan fingerprint density at radius 2 is 1.70 bits per heavy atom. The number of allylic oxidation sites excluding steroid dienone is 2. The maximum atomic E-state index is 10.1. The van der Waals surface area contributed by atoms with Gasteiger partial charge in [-0.3, -0.25) is 0 Å². The Kier molecular flexibility index (Phi) is 9.58. The highest BCUT2D eigenvalue weighted by Crippen LogP contribution is 2.47. The van der Waals surface area contributed by atoms with Crippen LogP contribution in [0.4, 0.5) is 5.69 Å². The van der Waals surface area contributed by atoms with Gasteiger partial charge in [0.25, 0.3) is 0 Å². The number of nitriles is 2. The van der Waals surface area contributed by atoms with E-state index >= 15 is 0 Å². The molecule has 2 aromatic carbocycles. The fraction of sp³-hybridized carbons (Fsp3) is 0.375. The lowest BCUT2D eigenvalue weighted by atomic mass is 9.86. The molecule has 3 rings (SSSR count). The predicted molar refractivity (Wildman–Crippen MR) is 150 cm³/mol. The summed E-state index contributed by atoms with van der Waals surface area (Å²) >= 11 is 0. The van der Waals surface area contributed by atoms with E-state index in [4.69, 9.17) is 9.47 Å². The summed E-state index contributed by atoms with van der Waals surface area (Å²) in [6.07, 6.45) is 8.49. The molecule has 1 heterocycles. The number of rotatable bonds is 11. The molecule has 1 atom stereocenters. The van der Waals surface area contributed by atoms with E-state index in [-0.39, 0.29) is 0 Å². The van der Waals surface area contributed by atoms with Gasteiger partial charge in [0.15, 0.2) is 11.4 Å². The van der Waals surface area contributed by atoms with Crippen LogP contribution in [0.25, 0.3) is 6.08 Å². The largest absolute Gasteiger partial charge is 0.496 e. The van der Waals surface area contributed by atoms with Gasteiger partial charge >= 0.3 is 0 Å². The highest BCUT2D eigenvalue weighted by Gasteiger charge is 2.43. The first kappa shape index (κ1) is 27.6. The lowest BCUT2D eigenvalue weighted by molar-refractivity contribution is 0.0750. The predicted octanol–water partition coefficient (Wildman–Crippen LogP) is 7.68. The molecule has 37 heavy (non-hydrogen) atoms. The standard InChI is InChI=1S/C32H37N3O2/c1-6-8-19-35(20-9-7-2)27-17-15-25(30(21-27)36-5)16-18-29-28(23-34)31(24(3)22-33)37-32(29,4)26-13-11-10-12-14-26/h10-18,21H,6-9,19-20H2,1-5H3/b18-16+,31-24-. The summed E-state index contributed by atoms with van der Waals surface area (Å²) in [5.41, 5.74) is 3.54. The van der Waals surface area contributed by atoms with Crippen LogP contribution >= 0.6 is 0 Å². The van der Waals surface area contributed by atoms with Gasteiger partial charge in [0.05, 0.1) is 18.8 Å². The summed E-state index contributed by atoms with van der Waals surface area (Å²) in [6.45, 7) is 10.1. The molecule has 0 saturated carbocycles. The van der Waals surface area contributed by atoms with Gasteiger partial charge in [-0.25, -0.2) is 0 Å². The average Bonchev–Trinajstić information content (AvgIpc) is 3.24. The molecule has 0 bridgehead atoms. The van der Waals surface area contributed by atoms with Crippen LogP contribution in [-0.4, -0.2) is 20.2 Å². The zero-order chi connectivity index (χ0) is 26.8. The lowest BCUT2D eigenvalue weighted by Gasteiger charge is -2.27. The van der Waals surface area contributed by atoms with Crippen LogP contribution in [0, 0.1) is 22.7 Å². The first-order chi connectivity index (χ1) is 17.9. The van der Waals surface area contributed by atoms with Crippen molar-refractivity contribution in [2.75, 3.05) is 25.1 Å². The van der Waals surface area contributed by atoms with Gasteiger partial charge in [-0.1, -0.05) is 69.2 Å². The summed E-state index contributed by atoms with van der Waals surface area (Å²) in [6, 6.07) is 20.5. The fourth-order valence-electron chi connectivity index (χ4n) is 4.59. The van der Waals surface area contributed by atoms with E-state index in [0.717, 1.165) is 61.3 Å². The van der Waals surface area contributed by atoms with Gasteiger partial charge in [0.1, 0.15) is 17.4 Å². The van der Waals surface area contributed by atoms with Crippen molar-refractivity contribution < 1.29 is 9.47 Å². The first-order valence-corrected chi connectivity index (χ1v) is 13.0. The van der Waals surface area contributed by atoms with Crippen LogP contribution in [0.15, 0.2) is 77.1 Å². The van der Waals surface area contributed by atoms with Crippen molar-refractivity contribution in [1.82, 2.24) is 0 Å². The maximum absolute atomic E-state index is 10.1. The van der Waals surface area contributed by atoms with Crippen LogP contribution in [0.1, 0.15) is 64.5 Å². The number of nitrogens with zero attached hydrogens (tertiary/aromatic N) is 3. The van der Waals surface area contributed by atoms with E-state index in [1.165, 1.54) is 0 Å². The SMILES string of the molecule is CCCCN(CCCC)c1ccc(/C=C/C2=C(C#N)C(=C(\C)C#N)/OC2(C)c2ccccc2)c(OC)c1. The molecular weight excluding hydrogens is 458 g/mol. The Bertz CT molecular complexity index is 1250. The molecule has 0 N–H and O–H groups in total. The van der Waals surface area contributed by atoms with Gasteiger partial charge in [0, 0.05) is 36.0 Å². The summed E-state index contributed by atoms with van der Waals surface area (Å²) in [4.78, 5) is 2.43. The molecule has 1 aliphatic heterocycles. The molecular formula is C32H37N3O2. The minimum Gasteiger partial charge on any atom is -0.496 e. The van der Waals surface area contributed by atoms with E-state index in [0.29, 0.717) is 22.5 Å². The van der Waals surface area contributed by atoms with E-state index in [9.17, 15) is 10.5 Å². The van der Waals surface area contributed by atoms with Crippen molar-refractivity contribution in [3.05, 3.63) is 88.2 Å². The molecule has 0 fully saturated rings. The number of ether oxygens (including phenoxy) is 2. The van der Waals surface area contributed by atoms with Crippen molar-refractivity contribution in [2.24, 2.45) is 0 Å². The lowest BCUT2D eigenvalue weighted by Crippen LogP contribution is -2.25. The number of anilines is 1. The molecule has 0 saturated heterocycles. The molecule has 0 spiro atoms. The van der Waals surface area contributed by atoms with Gasteiger partial charge in [-0.05, 0) is 44.4 Å². The summed E-state index contributed by atoms with van der Waals surface area (Å²) < 4.78 is 12.1. The third-order valence-electron chi connectivity index (χ3n) is 6.84. The highest BCUT2D eigenvalue weighted by atomic mass is 16.5. The second kappa shape index (κ2) is 12.8. The molecule has 0 radical (unpaired) electrons. The molecule has 0 aromatic heterocycles. The molecule has 1 unspecified atom stereocenters. The number of benzene rings is 2. The molecule has 0 amide bonds. The normalized spacial score (nSPS) is 18.4.